The standard InChI is InChI=1S/C26H31N7O4S/c1-31-25(28-29-30-31)38-23-10-12-33(13-11-23)26(35)37-22-8-6-21(7-9-22)27-24(34)20-4-2-19(3-5-20)18-32-14-16-36-17-15-32/h2-9,23H,10-18H2,1H3,(H,27,34). The number of hydrogen-bond acceptors (Lipinski definition) is 9. The van der Waals surface area contributed by atoms with Crippen molar-refractivity contribution in [2.45, 2.75) is 29.8 Å². The van der Waals surface area contributed by atoms with Gasteiger partial charge in [-0.25, -0.2) is 9.48 Å². The van der Waals surface area contributed by atoms with E-state index in [0.29, 0.717) is 35.3 Å². The number of rotatable bonds is 7. The summed E-state index contributed by atoms with van der Waals surface area (Å²) in [7, 11) is 1.82. The number of likely N-dealkylation sites (tertiary alicyclic amines) is 1. The van der Waals surface area contributed by atoms with Crippen LogP contribution in [0.5, 0.6) is 5.75 Å². The van der Waals surface area contributed by atoms with Gasteiger partial charge in [-0.05, 0) is 65.2 Å². The predicted octanol–water partition coefficient (Wildman–Crippen LogP) is 3.05. The van der Waals surface area contributed by atoms with Crippen molar-refractivity contribution >= 4 is 29.4 Å². The van der Waals surface area contributed by atoms with Crippen LogP contribution in [0.15, 0.2) is 53.7 Å². The number of piperidine rings is 1. The van der Waals surface area contributed by atoms with Crippen molar-refractivity contribution < 1.29 is 19.1 Å². The van der Waals surface area contributed by atoms with E-state index < -0.39 is 0 Å². The van der Waals surface area contributed by atoms with Gasteiger partial charge in [0.25, 0.3) is 5.91 Å². The molecule has 38 heavy (non-hydrogen) atoms. The second kappa shape index (κ2) is 12.4. The number of nitrogens with zero attached hydrogens (tertiary/aromatic N) is 6. The number of morpholine rings is 1. The minimum atomic E-state index is -0.372. The maximum Gasteiger partial charge on any atom is 0.415 e. The van der Waals surface area contributed by atoms with Crippen LogP contribution in [0.25, 0.3) is 0 Å². The van der Waals surface area contributed by atoms with Gasteiger partial charge in [-0.15, -0.1) is 5.10 Å². The molecule has 1 N–H and O–H groups in total. The molecule has 0 spiro atoms. The number of hydrogen-bond donors (Lipinski definition) is 1. The molecule has 11 nitrogen and oxygen atoms in total. The lowest BCUT2D eigenvalue weighted by Crippen LogP contribution is -2.40. The zero-order valence-corrected chi connectivity index (χ0v) is 22.1. The van der Waals surface area contributed by atoms with Crippen molar-refractivity contribution in [1.82, 2.24) is 30.0 Å². The summed E-state index contributed by atoms with van der Waals surface area (Å²) in [4.78, 5) is 29.4. The average Bonchev–Trinajstić information content (AvgIpc) is 3.35. The molecule has 0 bridgehead atoms. The predicted molar refractivity (Wildman–Crippen MR) is 142 cm³/mol. The molecule has 2 amide bonds. The fraction of sp³-hybridized carbons (Fsp3) is 0.423. The topological polar surface area (TPSA) is 115 Å². The number of thioether (sulfide) groups is 1. The molecular formula is C26H31N7O4S. The van der Waals surface area contributed by atoms with E-state index >= 15 is 0 Å². The molecule has 0 saturated carbocycles. The molecule has 2 aromatic carbocycles. The lowest BCUT2D eigenvalue weighted by atomic mass is 10.1. The number of aryl methyl sites for hydroxylation is 1. The number of anilines is 1. The van der Waals surface area contributed by atoms with Gasteiger partial charge < -0.3 is 19.7 Å². The van der Waals surface area contributed by atoms with Gasteiger partial charge in [0.15, 0.2) is 0 Å². The first-order valence-electron chi connectivity index (χ1n) is 12.7. The highest BCUT2D eigenvalue weighted by atomic mass is 32.2. The van der Waals surface area contributed by atoms with Gasteiger partial charge >= 0.3 is 6.09 Å². The monoisotopic (exact) mass is 537 g/mol. The lowest BCUT2D eigenvalue weighted by molar-refractivity contribution is 0.0342. The Morgan fingerprint density at radius 1 is 1.03 bits per heavy atom. The first-order valence-corrected chi connectivity index (χ1v) is 13.6. The van der Waals surface area contributed by atoms with Crippen LogP contribution in [-0.4, -0.2) is 86.7 Å². The van der Waals surface area contributed by atoms with Crippen molar-refractivity contribution in [1.29, 1.82) is 0 Å². The van der Waals surface area contributed by atoms with Crippen LogP contribution >= 0.6 is 11.8 Å². The molecule has 3 aromatic rings. The number of benzene rings is 2. The zero-order chi connectivity index (χ0) is 26.3. The third kappa shape index (κ3) is 6.88. The molecule has 2 aliphatic heterocycles. The zero-order valence-electron chi connectivity index (χ0n) is 21.3. The van der Waals surface area contributed by atoms with E-state index in [-0.39, 0.29) is 12.0 Å². The molecule has 2 fully saturated rings. The Balaban J connectivity index is 1.07. The van der Waals surface area contributed by atoms with Crippen LogP contribution in [0.2, 0.25) is 0 Å². The third-order valence-electron chi connectivity index (χ3n) is 6.60. The van der Waals surface area contributed by atoms with Gasteiger partial charge in [0.1, 0.15) is 5.75 Å². The van der Waals surface area contributed by atoms with Gasteiger partial charge in [0, 0.05) is 56.3 Å². The summed E-state index contributed by atoms with van der Waals surface area (Å²) in [6, 6.07) is 14.5. The van der Waals surface area contributed by atoms with E-state index in [1.54, 1.807) is 45.6 Å². The van der Waals surface area contributed by atoms with Crippen molar-refractivity contribution in [3.05, 3.63) is 59.7 Å². The number of carbonyl (C=O) groups excluding carboxylic acids is 2. The second-order valence-electron chi connectivity index (χ2n) is 9.32. The second-order valence-corrected chi connectivity index (χ2v) is 10.6. The van der Waals surface area contributed by atoms with Crippen molar-refractivity contribution in [3.8, 4) is 5.75 Å². The van der Waals surface area contributed by atoms with Gasteiger partial charge in [0.2, 0.25) is 5.16 Å². The van der Waals surface area contributed by atoms with Crippen molar-refractivity contribution in [2.75, 3.05) is 44.7 Å². The smallest absolute Gasteiger partial charge is 0.410 e. The molecule has 200 valence electrons. The van der Waals surface area contributed by atoms with E-state index in [0.717, 1.165) is 50.8 Å². The number of ether oxygens (including phenoxy) is 2. The Labute approximate surface area is 225 Å². The quantitative estimate of drug-likeness (QED) is 0.486. The van der Waals surface area contributed by atoms with E-state index in [2.05, 4.69) is 25.7 Å². The Morgan fingerprint density at radius 2 is 1.74 bits per heavy atom. The number of carbonyl (C=O) groups is 2. The molecule has 2 saturated heterocycles. The summed E-state index contributed by atoms with van der Waals surface area (Å²) >= 11 is 1.64. The number of tetrazole rings is 1. The Kier molecular flexibility index (Phi) is 8.51. The van der Waals surface area contributed by atoms with Crippen molar-refractivity contribution in [2.24, 2.45) is 7.05 Å². The molecule has 1 aromatic heterocycles. The highest BCUT2D eigenvalue weighted by Gasteiger charge is 2.26. The molecule has 0 unspecified atom stereocenters. The van der Waals surface area contributed by atoms with Crippen LogP contribution in [0.1, 0.15) is 28.8 Å². The Morgan fingerprint density at radius 3 is 2.39 bits per heavy atom. The number of amides is 2. The highest BCUT2D eigenvalue weighted by Crippen LogP contribution is 2.28. The normalized spacial score (nSPS) is 16.8. The fourth-order valence-corrected chi connectivity index (χ4v) is 5.40. The fourth-order valence-electron chi connectivity index (χ4n) is 4.38. The van der Waals surface area contributed by atoms with E-state index in [4.69, 9.17) is 9.47 Å². The highest BCUT2D eigenvalue weighted by molar-refractivity contribution is 7.99. The molecule has 0 aliphatic carbocycles. The average molecular weight is 538 g/mol. The molecule has 2 aliphatic rings. The summed E-state index contributed by atoms with van der Waals surface area (Å²) < 4.78 is 12.6. The van der Waals surface area contributed by atoms with Crippen molar-refractivity contribution in [3.63, 3.8) is 0 Å². The maximum atomic E-state index is 12.7. The SMILES string of the molecule is Cn1nnnc1SC1CCN(C(=O)Oc2ccc(NC(=O)c3ccc(CN4CCOCC4)cc3)cc2)CC1. The van der Waals surface area contributed by atoms with Gasteiger partial charge in [-0.1, -0.05) is 23.9 Å². The number of aromatic nitrogens is 4. The van der Waals surface area contributed by atoms with Crippen LogP contribution in [-0.2, 0) is 18.3 Å². The third-order valence-corrected chi connectivity index (χ3v) is 7.96. The number of nitrogens with one attached hydrogen (secondary N) is 1. The first-order chi connectivity index (χ1) is 18.5. The van der Waals surface area contributed by atoms with Crippen LogP contribution in [0.3, 0.4) is 0 Å². The largest absolute Gasteiger partial charge is 0.415 e. The molecule has 5 rings (SSSR count). The van der Waals surface area contributed by atoms with Gasteiger partial charge in [-0.3, -0.25) is 9.69 Å². The molecule has 0 radical (unpaired) electrons. The van der Waals surface area contributed by atoms with Gasteiger partial charge in [-0.2, -0.15) is 0 Å². The molecule has 12 heteroatoms. The van der Waals surface area contributed by atoms with E-state index in [1.807, 2.05) is 31.3 Å². The lowest BCUT2D eigenvalue weighted by Gasteiger charge is -2.30. The van der Waals surface area contributed by atoms with Crippen LogP contribution in [0.4, 0.5) is 10.5 Å². The minimum absolute atomic E-state index is 0.189. The molecule has 3 heterocycles. The molecule has 0 atom stereocenters. The van der Waals surface area contributed by atoms with Gasteiger partial charge in [0.05, 0.1) is 13.2 Å². The minimum Gasteiger partial charge on any atom is -0.410 e. The summed E-state index contributed by atoms with van der Waals surface area (Å²) in [5, 5.41) is 15.6. The van der Waals surface area contributed by atoms with Crippen LogP contribution in [0, 0.1) is 0 Å². The summed E-state index contributed by atoms with van der Waals surface area (Å²) in [6.45, 7) is 5.45. The summed E-state index contributed by atoms with van der Waals surface area (Å²) in [6.07, 6.45) is 1.31. The summed E-state index contributed by atoms with van der Waals surface area (Å²) in [5.74, 6) is 0.243. The Bertz CT molecular complexity index is 1220. The maximum absolute atomic E-state index is 12.7. The summed E-state index contributed by atoms with van der Waals surface area (Å²) in [5.41, 5.74) is 2.38. The van der Waals surface area contributed by atoms with E-state index in [1.165, 1.54) is 5.56 Å². The van der Waals surface area contributed by atoms with E-state index in [9.17, 15) is 9.59 Å². The first kappa shape index (κ1) is 26.1. The molecular weight excluding hydrogens is 506 g/mol. The van der Waals surface area contributed by atoms with Crippen LogP contribution < -0.4 is 10.1 Å². The Hall–Kier alpha value is -3.48.